The molecule has 0 radical (unpaired) electrons. The van der Waals surface area contributed by atoms with E-state index < -0.39 is 5.92 Å². The van der Waals surface area contributed by atoms with Gasteiger partial charge in [0.05, 0.1) is 13.7 Å². The Balaban J connectivity index is 1.91. The van der Waals surface area contributed by atoms with Crippen LogP contribution in [-0.4, -0.2) is 39.7 Å². The van der Waals surface area contributed by atoms with Crippen molar-refractivity contribution < 1.29 is 19.2 Å². The van der Waals surface area contributed by atoms with Crippen LogP contribution in [0.1, 0.15) is 39.2 Å². The van der Waals surface area contributed by atoms with Crippen molar-refractivity contribution >= 4 is 28.3 Å². The summed E-state index contributed by atoms with van der Waals surface area (Å²) in [6.45, 7) is 1.78. The normalized spacial score (nSPS) is 12.3. The number of hydrogen-bond acceptors (Lipinski definition) is 6. The van der Waals surface area contributed by atoms with E-state index >= 15 is 0 Å². The highest BCUT2D eigenvalue weighted by Crippen LogP contribution is 2.37. The van der Waals surface area contributed by atoms with E-state index in [-0.39, 0.29) is 24.7 Å². The third kappa shape index (κ3) is 3.69. The first-order valence-electron chi connectivity index (χ1n) is 9.41. The van der Waals surface area contributed by atoms with E-state index in [0.29, 0.717) is 22.2 Å². The highest BCUT2D eigenvalue weighted by Gasteiger charge is 2.33. The van der Waals surface area contributed by atoms with Crippen LogP contribution >= 0.6 is 11.6 Å². The number of aromatic nitrogens is 3. The fourth-order valence-corrected chi connectivity index (χ4v) is 3.69. The van der Waals surface area contributed by atoms with Crippen molar-refractivity contribution in [3.05, 3.63) is 76.0 Å². The van der Waals surface area contributed by atoms with Gasteiger partial charge in [-0.15, -0.1) is 0 Å². The Hall–Kier alpha value is -3.16. The van der Waals surface area contributed by atoms with Gasteiger partial charge in [0.1, 0.15) is 11.7 Å². The van der Waals surface area contributed by atoms with Crippen molar-refractivity contribution in [2.24, 2.45) is 0 Å². The number of ketones is 1. The fourth-order valence-electron chi connectivity index (χ4n) is 3.56. The van der Waals surface area contributed by atoms with E-state index in [9.17, 15) is 9.90 Å². The number of carbonyl (C=O) groups is 1. The van der Waals surface area contributed by atoms with Crippen LogP contribution in [0.2, 0.25) is 5.02 Å². The maximum absolute atomic E-state index is 13.6. The van der Waals surface area contributed by atoms with Crippen molar-refractivity contribution in [2.75, 3.05) is 13.7 Å². The van der Waals surface area contributed by atoms with Crippen molar-refractivity contribution in [2.45, 2.75) is 19.3 Å². The minimum atomic E-state index is -0.827. The molecule has 1 unspecified atom stereocenters. The first-order valence-corrected chi connectivity index (χ1v) is 9.79. The Morgan fingerprint density at radius 2 is 2.03 bits per heavy atom. The summed E-state index contributed by atoms with van der Waals surface area (Å²) in [6, 6.07) is 12.3. The van der Waals surface area contributed by atoms with Crippen molar-refractivity contribution in [3.63, 3.8) is 0 Å². The van der Waals surface area contributed by atoms with E-state index in [2.05, 4.69) is 15.1 Å². The number of nitrogens with one attached hydrogen (secondary N) is 1. The maximum Gasteiger partial charge on any atom is 0.242 e. The van der Waals surface area contributed by atoms with Crippen LogP contribution in [0.4, 0.5) is 0 Å². The second kappa shape index (κ2) is 8.30. The molecule has 0 fully saturated rings. The molecule has 7 nitrogen and oxygen atoms in total. The Kier molecular flexibility index (Phi) is 5.57. The third-order valence-corrected chi connectivity index (χ3v) is 5.24. The number of halogens is 1. The summed E-state index contributed by atoms with van der Waals surface area (Å²) in [5, 5.41) is 14.5. The molecule has 0 saturated carbocycles. The number of nitrogens with zero attached hydrogens (tertiary/aromatic N) is 2. The zero-order chi connectivity index (χ0) is 21.3. The van der Waals surface area contributed by atoms with E-state index in [1.54, 1.807) is 31.4 Å². The second-order valence-corrected chi connectivity index (χ2v) is 7.34. The summed E-state index contributed by atoms with van der Waals surface area (Å²) in [4.78, 5) is 21.3. The standard InChI is InChI=1S/C22H20ClN3O4/c1-12-19(16-11-15(29-2)7-8-17(16)24-12)20(22-25-18(9-10-27)26-30-22)21(28)13-3-5-14(23)6-4-13/h3-8,11,20,24,27H,9-10H2,1-2H3. The molecule has 0 aliphatic heterocycles. The minimum absolute atomic E-state index is 0.113. The minimum Gasteiger partial charge on any atom is -0.497 e. The number of aryl methyl sites for hydroxylation is 1. The monoisotopic (exact) mass is 425 g/mol. The SMILES string of the molecule is COc1ccc2[nH]c(C)c(C(C(=O)c3ccc(Cl)cc3)c3nc(CCO)no3)c2c1. The second-order valence-electron chi connectivity index (χ2n) is 6.90. The van der Waals surface area contributed by atoms with Crippen LogP contribution in [-0.2, 0) is 6.42 Å². The average Bonchev–Trinajstić information content (AvgIpc) is 3.33. The van der Waals surface area contributed by atoms with Gasteiger partial charge in [-0.2, -0.15) is 4.98 Å². The van der Waals surface area contributed by atoms with Gasteiger partial charge in [-0.1, -0.05) is 16.8 Å². The van der Waals surface area contributed by atoms with Crippen LogP contribution in [0.5, 0.6) is 5.75 Å². The number of methoxy groups -OCH3 is 1. The number of ether oxygens (including phenoxy) is 1. The summed E-state index contributed by atoms with van der Waals surface area (Å²) >= 11 is 5.99. The van der Waals surface area contributed by atoms with Crippen LogP contribution in [0, 0.1) is 6.92 Å². The van der Waals surface area contributed by atoms with E-state index in [1.807, 2.05) is 25.1 Å². The first-order chi connectivity index (χ1) is 14.5. The number of hydrogen-bond donors (Lipinski definition) is 2. The van der Waals surface area contributed by atoms with Gasteiger partial charge in [-0.25, -0.2) is 0 Å². The third-order valence-electron chi connectivity index (χ3n) is 4.99. The number of aliphatic hydroxyl groups is 1. The number of Topliss-reactive ketones (excluding diaryl/α,β-unsaturated/α-hetero) is 1. The molecule has 2 aromatic heterocycles. The van der Waals surface area contributed by atoms with Crippen molar-refractivity contribution in [1.82, 2.24) is 15.1 Å². The van der Waals surface area contributed by atoms with Gasteiger partial charge < -0.3 is 19.4 Å². The Morgan fingerprint density at radius 3 is 2.73 bits per heavy atom. The molecule has 0 amide bonds. The molecular weight excluding hydrogens is 406 g/mol. The molecule has 154 valence electrons. The van der Waals surface area contributed by atoms with Gasteiger partial charge in [0.2, 0.25) is 5.89 Å². The number of aliphatic hydroxyl groups excluding tert-OH is 1. The molecular formula is C22H20ClN3O4. The molecule has 2 aromatic carbocycles. The fraction of sp³-hybridized carbons (Fsp3) is 0.227. The molecule has 2 N–H and O–H groups in total. The Morgan fingerprint density at radius 1 is 1.27 bits per heavy atom. The number of benzene rings is 2. The maximum atomic E-state index is 13.6. The summed E-state index contributed by atoms with van der Waals surface area (Å²) in [7, 11) is 1.59. The van der Waals surface area contributed by atoms with Gasteiger partial charge in [0.25, 0.3) is 0 Å². The van der Waals surface area contributed by atoms with Crippen LogP contribution in [0.25, 0.3) is 10.9 Å². The highest BCUT2D eigenvalue weighted by molar-refractivity contribution is 6.30. The number of H-pyrrole nitrogens is 1. The summed E-state index contributed by atoms with van der Waals surface area (Å²) in [6.07, 6.45) is 0.242. The lowest BCUT2D eigenvalue weighted by molar-refractivity contribution is 0.0961. The molecule has 2 heterocycles. The largest absolute Gasteiger partial charge is 0.497 e. The number of carbonyl (C=O) groups excluding carboxylic acids is 1. The first kappa shape index (κ1) is 20.1. The molecule has 4 rings (SSSR count). The molecule has 0 saturated heterocycles. The van der Waals surface area contributed by atoms with Crippen molar-refractivity contribution in [3.8, 4) is 5.75 Å². The van der Waals surface area contributed by atoms with Crippen LogP contribution in [0.3, 0.4) is 0 Å². The zero-order valence-corrected chi connectivity index (χ0v) is 17.2. The van der Waals surface area contributed by atoms with E-state index in [0.717, 1.165) is 22.2 Å². The molecule has 1 atom stereocenters. The average molecular weight is 426 g/mol. The van der Waals surface area contributed by atoms with Gasteiger partial charge in [-0.05, 0) is 49.4 Å². The number of aromatic amines is 1. The number of fused-ring (bicyclic) bond motifs is 1. The lowest BCUT2D eigenvalue weighted by Gasteiger charge is -2.13. The van der Waals surface area contributed by atoms with Gasteiger partial charge in [0.15, 0.2) is 11.6 Å². The van der Waals surface area contributed by atoms with Gasteiger partial charge in [-0.3, -0.25) is 4.79 Å². The zero-order valence-electron chi connectivity index (χ0n) is 16.5. The lowest BCUT2D eigenvalue weighted by Crippen LogP contribution is -2.16. The lowest BCUT2D eigenvalue weighted by atomic mass is 9.88. The predicted molar refractivity (Wildman–Crippen MR) is 112 cm³/mol. The summed E-state index contributed by atoms with van der Waals surface area (Å²) < 4.78 is 10.8. The molecule has 0 spiro atoms. The van der Waals surface area contributed by atoms with Gasteiger partial charge in [0, 0.05) is 39.2 Å². The van der Waals surface area contributed by atoms with Crippen LogP contribution in [0.15, 0.2) is 47.0 Å². The summed E-state index contributed by atoms with van der Waals surface area (Å²) in [5.74, 6) is 0.165. The summed E-state index contributed by atoms with van der Waals surface area (Å²) in [5.41, 5.74) is 2.89. The highest BCUT2D eigenvalue weighted by atomic mass is 35.5. The molecule has 8 heteroatoms. The molecule has 0 aliphatic carbocycles. The van der Waals surface area contributed by atoms with Gasteiger partial charge >= 0.3 is 0 Å². The van der Waals surface area contributed by atoms with Crippen LogP contribution < -0.4 is 4.74 Å². The molecule has 30 heavy (non-hydrogen) atoms. The Labute approximate surface area is 177 Å². The Bertz CT molecular complexity index is 1200. The predicted octanol–water partition coefficient (Wildman–Crippen LogP) is 4.07. The topological polar surface area (TPSA) is 101 Å². The molecule has 0 aliphatic rings. The van der Waals surface area contributed by atoms with E-state index in [4.69, 9.17) is 20.9 Å². The van der Waals surface area contributed by atoms with E-state index in [1.165, 1.54) is 0 Å². The van der Waals surface area contributed by atoms with Crippen molar-refractivity contribution in [1.29, 1.82) is 0 Å². The number of rotatable bonds is 7. The molecule has 0 bridgehead atoms. The smallest absolute Gasteiger partial charge is 0.242 e. The quantitative estimate of drug-likeness (QED) is 0.433. The molecule has 4 aromatic rings.